The lowest BCUT2D eigenvalue weighted by molar-refractivity contribution is -0.376. The molecule has 1 fully saturated rings. The first-order valence-corrected chi connectivity index (χ1v) is 11.3. The van der Waals surface area contributed by atoms with E-state index in [9.17, 15) is 39.9 Å². The molecule has 1 aromatic rings. The molecule has 0 atom stereocenters. The van der Waals surface area contributed by atoms with Crippen molar-refractivity contribution >= 4 is 32.8 Å². The molecule has 0 amide bonds. The fourth-order valence-corrected chi connectivity index (χ4v) is 5.64. The van der Waals surface area contributed by atoms with E-state index in [0.29, 0.717) is 17.8 Å². The molecule has 0 aromatic heterocycles. The molecule has 3 rings (SSSR count). The zero-order valence-electron chi connectivity index (χ0n) is 16.8. The predicted molar refractivity (Wildman–Crippen MR) is 113 cm³/mol. The molecule has 0 bridgehead atoms. The van der Waals surface area contributed by atoms with Crippen molar-refractivity contribution in [2.24, 2.45) is 5.73 Å². The van der Waals surface area contributed by atoms with Crippen LogP contribution < -0.4 is 10.6 Å². The van der Waals surface area contributed by atoms with Crippen LogP contribution in [-0.2, 0) is 15.6 Å². The number of aliphatic hydroxyl groups is 1. The Bertz CT molecular complexity index is 1070. The Morgan fingerprint density at radius 1 is 0.909 bits per heavy atom. The molecule has 0 radical (unpaired) electrons. The smallest absolute Gasteiger partial charge is 0.402 e. The summed E-state index contributed by atoms with van der Waals surface area (Å²) in [5.74, 6) is 0. The zero-order valence-corrected chi connectivity index (χ0v) is 18.5. The maximum Gasteiger partial charge on any atom is 0.430 e. The predicted octanol–water partition coefficient (Wildman–Crippen LogP) is 2.95. The molecule has 1 aliphatic carbocycles. The average molecular weight is 516 g/mol. The van der Waals surface area contributed by atoms with Gasteiger partial charge in [0.05, 0.1) is 4.91 Å². The maximum absolute atomic E-state index is 13.0. The van der Waals surface area contributed by atoms with Gasteiger partial charge in [0.15, 0.2) is 0 Å². The lowest BCUT2D eigenvalue weighted by Crippen LogP contribution is -2.54. The Hall–Kier alpha value is -2.16. The van der Waals surface area contributed by atoms with E-state index in [4.69, 9.17) is 18.0 Å². The first-order chi connectivity index (χ1) is 15.1. The van der Waals surface area contributed by atoms with E-state index >= 15 is 0 Å². The van der Waals surface area contributed by atoms with E-state index in [0.717, 1.165) is 12.1 Å². The summed E-state index contributed by atoms with van der Waals surface area (Å²) in [6.07, 6.45) is -9.00. The molecule has 2 aliphatic rings. The van der Waals surface area contributed by atoms with Crippen LogP contribution in [0.25, 0.3) is 0 Å². The molecule has 1 aromatic carbocycles. The van der Waals surface area contributed by atoms with Gasteiger partial charge in [-0.25, -0.2) is 8.42 Å². The Balaban J connectivity index is 1.75. The fourth-order valence-electron chi connectivity index (χ4n) is 3.56. The van der Waals surface area contributed by atoms with Crippen LogP contribution in [-0.4, -0.2) is 61.2 Å². The minimum atomic E-state index is -5.97. The summed E-state index contributed by atoms with van der Waals surface area (Å²) < 4.78 is 105. The van der Waals surface area contributed by atoms with Crippen molar-refractivity contribution < 1.29 is 39.9 Å². The number of rotatable bonds is 4. The lowest BCUT2D eigenvalue weighted by Gasteiger charge is -2.36. The van der Waals surface area contributed by atoms with Crippen LogP contribution in [0, 0.1) is 0 Å². The number of sulfonamides is 1. The zero-order chi connectivity index (χ0) is 24.8. The quantitative estimate of drug-likeness (QED) is 0.474. The highest BCUT2D eigenvalue weighted by molar-refractivity contribution is 7.96. The second kappa shape index (κ2) is 8.56. The number of nitrogens with zero attached hydrogens (tertiary/aromatic N) is 2. The topological polar surface area (TPSA) is 86.9 Å². The number of hydrogen-bond acceptors (Lipinski definition) is 6. The van der Waals surface area contributed by atoms with Gasteiger partial charge >= 0.3 is 12.4 Å². The van der Waals surface area contributed by atoms with Crippen LogP contribution in [0.2, 0.25) is 0 Å². The van der Waals surface area contributed by atoms with Crippen molar-refractivity contribution in [3.05, 3.63) is 52.6 Å². The molecule has 33 heavy (non-hydrogen) atoms. The Morgan fingerprint density at radius 2 is 1.42 bits per heavy atom. The van der Waals surface area contributed by atoms with Gasteiger partial charge in [-0.3, -0.25) is 0 Å². The van der Waals surface area contributed by atoms with E-state index in [1.807, 2.05) is 0 Å². The molecule has 1 saturated heterocycles. The van der Waals surface area contributed by atoms with Gasteiger partial charge in [0, 0.05) is 54.4 Å². The summed E-state index contributed by atoms with van der Waals surface area (Å²) in [5.41, 5.74) is 0.00505. The number of nitrogens with two attached hydrogens (primary N) is 1. The Labute approximate surface area is 191 Å². The maximum atomic E-state index is 13.0. The van der Waals surface area contributed by atoms with Gasteiger partial charge in [-0.15, -0.1) is 0 Å². The third-order valence-electron chi connectivity index (χ3n) is 5.42. The third-order valence-corrected chi connectivity index (χ3v) is 7.89. The number of hydrogen-bond donors (Lipinski definition) is 2. The second-order valence-corrected chi connectivity index (χ2v) is 9.92. The summed E-state index contributed by atoms with van der Waals surface area (Å²) in [5, 5.41) is 9.48. The molecular weight excluding hydrogens is 496 g/mol. The summed E-state index contributed by atoms with van der Waals surface area (Å²) >= 11 is 5.13. The number of thiocarbonyl (C=S) groups is 1. The summed E-state index contributed by atoms with van der Waals surface area (Å²) in [7, 11) is -3.88. The van der Waals surface area contributed by atoms with E-state index in [-0.39, 0.29) is 48.1 Å². The van der Waals surface area contributed by atoms with E-state index in [1.54, 1.807) is 4.90 Å². The van der Waals surface area contributed by atoms with Gasteiger partial charge in [-0.05, 0) is 24.3 Å². The van der Waals surface area contributed by atoms with Crippen molar-refractivity contribution in [3.63, 3.8) is 0 Å². The summed E-state index contributed by atoms with van der Waals surface area (Å²) in [6, 6.07) is 3.16. The van der Waals surface area contributed by atoms with Crippen LogP contribution in [0.5, 0.6) is 0 Å². The third kappa shape index (κ3) is 4.61. The molecule has 6 nitrogen and oxygen atoms in total. The number of allylic oxidation sites excluding steroid dienone is 4. The molecule has 0 unspecified atom stereocenters. The Kier molecular flexibility index (Phi) is 6.61. The van der Waals surface area contributed by atoms with E-state index < -0.39 is 33.5 Å². The number of alkyl halides is 6. The lowest BCUT2D eigenvalue weighted by atomic mass is 9.92. The number of piperazine rings is 1. The molecule has 182 valence electrons. The number of anilines is 1. The largest absolute Gasteiger partial charge is 0.430 e. The first kappa shape index (κ1) is 25.5. The van der Waals surface area contributed by atoms with Crippen molar-refractivity contribution in [1.29, 1.82) is 0 Å². The van der Waals surface area contributed by atoms with Gasteiger partial charge in [-0.1, -0.05) is 24.4 Å². The van der Waals surface area contributed by atoms with Crippen molar-refractivity contribution in [2.45, 2.75) is 24.4 Å². The Morgan fingerprint density at radius 3 is 1.88 bits per heavy atom. The van der Waals surface area contributed by atoms with E-state index in [1.165, 1.54) is 16.5 Å². The monoisotopic (exact) mass is 515 g/mol. The summed E-state index contributed by atoms with van der Waals surface area (Å²) in [6.45, 7) is 0.329. The van der Waals surface area contributed by atoms with Crippen LogP contribution in [0.4, 0.5) is 32.0 Å². The van der Waals surface area contributed by atoms with Gasteiger partial charge < -0.3 is 15.7 Å². The van der Waals surface area contributed by atoms with Crippen LogP contribution in [0.15, 0.2) is 47.0 Å². The SMILES string of the molecule is NC1=CC=C(S(=O)(=O)N2CCN(c3ccc(C(O)(C(F)(F)F)C(F)(F)F)cc3)CC2)C(=S)C1. The van der Waals surface area contributed by atoms with Gasteiger partial charge in [0.1, 0.15) is 0 Å². The van der Waals surface area contributed by atoms with Crippen molar-refractivity contribution in [3.8, 4) is 0 Å². The van der Waals surface area contributed by atoms with Crippen molar-refractivity contribution in [1.82, 2.24) is 4.31 Å². The normalized spacial score (nSPS) is 19.4. The van der Waals surface area contributed by atoms with Crippen LogP contribution in [0.1, 0.15) is 12.0 Å². The second-order valence-electron chi connectivity index (χ2n) is 7.52. The van der Waals surface area contributed by atoms with Gasteiger partial charge in [0.25, 0.3) is 5.60 Å². The molecular formula is C19H19F6N3O3S2. The van der Waals surface area contributed by atoms with Gasteiger partial charge in [-0.2, -0.15) is 30.6 Å². The minimum Gasteiger partial charge on any atom is -0.402 e. The van der Waals surface area contributed by atoms with E-state index in [2.05, 4.69) is 0 Å². The molecule has 3 N–H and O–H groups in total. The standard InChI is InChI=1S/C19H19F6N3O3S2/c20-18(21,22)17(29,19(23,24)25)12-1-4-14(5-2-12)27-7-9-28(10-8-27)33(30,31)16-6-3-13(26)11-15(16)32/h1-6,29H,7-11,26H2. The first-order valence-electron chi connectivity index (χ1n) is 9.50. The molecule has 14 heteroatoms. The average Bonchev–Trinajstić information content (AvgIpc) is 2.71. The number of halogens is 6. The van der Waals surface area contributed by atoms with Crippen LogP contribution in [0.3, 0.4) is 0 Å². The van der Waals surface area contributed by atoms with Crippen LogP contribution >= 0.6 is 12.2 Å². The molecule has 0 spiro atoms. The highest BCUT2D eigenvalue weighted by Crippen LogP contribution is 2.50. The summed E-state index contributed by atoms with van der Waals surface area (Å²) in [4.78, 5) is 1.78. The highest BCUT2D eigenvalue weighted by atomic mass is 32.2. The van der Waals surface area contributed by atoms with Gasteiger partial charge in [0.2, 0.25) is 10.0 Å². The highest BCUT2D eigenvalue weighted by Gasteiger charge is 2.71. The molecule has 1 aliphatic heterocycles. The number of benzene rings is 1. The molecule has 1 heterocycles. The van der Waals surface area contributed by atoms with Crippen molar-refractivity contribution in [2.75, 3.05) is 31.1 Å². The minimum absolute atomic E-state index is 0.0249. The molecule has 0 saturated carbocycles. The fraction of sp³-hybridized carbons (Fsp3) is 0.421.